The molecule has 2 aromatic rings. The topological polar surface area (TPSA) is 66.5 Å². The fraction of sp³-hybridized carbons (Fsp3) is 0.350. The number of carbonyl (C=O) groups excluding carboxylic acids is 1. The zero-order valence-electron chi connectivity index (χ0n) is 16.0. The lowest BCUT2D eigenvalue weighted by Crippen LogP contribution is -2.42. The summed E-state index contributed by atoms with van der Waals surface area (Å²) in [4.78, 5) is 12.5. The molecule has 0 unspecified atom stereocenters. The predicted octanol–water partition coefficient (Wildman–Crippen LogP) is 4.08. The van der Waals surface area contributed by atoms with Crippen LogP contribution in [0.2, 0.25) is 5.02 Å². The van der Waals surface area contributed by atoms with Crippen LogP contribution in [-0.4, -0.2) is 31.2 Å². The molecule has 0 aliphatic carbocycles. The van der Waals surface area contributed by atoms with Gasteiger partial charge in [0.15, 0.2) is 0 Å². The van der Waals surface area contributed by atoms with Gasteiger partial charge < -0.3 is 5.32 Å². The minimum atomic E-state index is -3.61. The van der Waals surface area contributed by atoms with Crippen LogP contribution in [0.15, 0.2) is 53.4 Å². The minimum absolute atomic E-state index is 0.143. The van der Waals surface area contributed by atoms with Gasteiger partial charge in [-0.25, -0.2) is 8.42 Å². The summed E-state index contributed by atoms with van der Waals surface area (Å²) in [5.74, 6) is -0.143. The van der Waals surface area contributed by atoms with Gasteiger partial charge in [-0.05, 0) is 62.2 Å². The Bertz CT molecular complexity index is 892. The number of hydrogen-bond acceptors (Lipinski definition) is 3. The molecule has 0 bridgehead atoms. The Hall–Kier alpha value is -1.89. The van der Waals surface area contributed by atoms with Crippen LogP contribution >= 0.6 is 11.6 Å². The van der Waals surface area contributed by atoms with Gasteiger partial charge in [-0.2, -0.15) is 4.31 Å². The smallest absolute Gasteiger partial charge is 0.251 e. The van der Waals surface area contributed by atoms with Crippen molar-refractivity contribution in [2.75, 3.05) is 7.05 Å². The summed E-state index contributed by atoms with van der Waals surface area (Å²) in [5, 5.41) is 3.46. The maximum absolute atomic E-state index is 12.6. The van der Waals surface area contributed by atoms with E-state index in [1.807, 2.05) is 20.8 Å². The molecule has 1 N–H and O–H groups in total. The number of hydrogen-bond donors (Lipinski definition) is 1. The third-order valence-electron chi connectivity index (χ3n) is 4.48. The molecule has 0 radical (unpaired) electrons. The Kier molecular flexibility index (Phi) is 6.68. The van der Waals surface area contributed by atoms with Gasteiger partial charge >= 0.3 is 0 Å². The van der Waals surface area contributed by atoms with E-state index in [1.165, 1.54) is 23.5 Å². The van der Waals surface area contributed by atoms with E-state index in [0.717, 1.165) is 12.0 Å². The first-order chi connectivity index (χ1) is 12.5. The largest absolute Gasteiger partial charge is 0.347 e. The highest BCUT2D eigenvalue weighted by Crippen LogP contribution is 2.19. The van der Waals surface area contributed by atoms with Crippen molar-refractivity contribution in [3.8, 4) is 0 Å². The van der Waals surface area contributed by atoms with E-state index in [-0.39, 0.29) is 22.9 Å². The van der Waals surface area contributed by atoms with E-state index < -0.39 is 10.0 Å². The molecule has 0 atom stereocenters. The van der Waals surface area contributed by atoms with Crippen molar-refractivity contribution in [3.05, 3.63) is 64.7 Å². The molecule has 0 saturated heterocycles. The SMILES string of the molecule is CCC(C)(C)NC(=O)c1ccc(CN(C)S(=O)(=O)c2ccc(Cl)cc2)cc1. The Morgan fingerprint density at radius 2 is 1.63 bits per heavy atom. The Balaban J connectivity index is 2.09. The molecule has 2 aromatic carbocycles. The number of rotatable bonds is 7. The summed E-state index contributed by atoms with van der Waals surface area (Å²) in [5.41, 5.74) is 1.06. The lowest BCUT2D eigenvalue weighted by Gasteiger charge is -2.24. The molecule has 1 amide bonds. The highest BCUT2D eigenvalue weighted by atomic mass is 35.5. The molecule has 146 valence electrons. The first-order valence-electron chi connectivity index (χ1n) is 8.68. The van der Waals surface area contributed by atoms with E-state index >= 15 is 0 Å². The van der Waals surface area contributed by atoms with Gasteiger partial charge in [-0.15, -0.1) is 0 Å². The molecule has 27 heavy (non-hydrogen) atoms. The fourth-order valence-electron chi connectivity index (χ4n) is 2.36. The normalized spacial score (nSPS) is 12.2. The van der Waals surface area contributed by atoms with Crippen molar-refractivity contribution < 1.29 is 13.2 Å². The maximum atomic E-state index is 12.6. The lowest BCUT2D eigenvalue weighted by atomic mass is 10.0. The first-order valence-corrected chi connectivity index (χ1v) is 10.5. The van der Waals surface area contributed by atoms with Crippen molar-refractivity contribution in [1.82, 2.24) is 9.62 Å². The number of nitrogens with zero attached hydrogens (tertiary/aromatic N) is 1. The van der Waals surface area contributed by atoms with Crippen LogP contribution in [0.4, 0.5) is 0 Å². The Morgan fingerprint density at radius 1 is 1.07 bits per heavy atom. The van der Waals surface area contributed by atoms with Gasteiger partial charge in [0.1, 0.15) is 0 Å². The quantitative estimate of drug-likeness (QED) is 0.750. The van der Waals surface area contributed by atoms with Gasteiger partial charge in [0.05, 0.1) is 4.90 Å². The average Bonchev–Trinajstić information content (AvgIpc) is 2.62. The summed E-state index contributed by atoms with van der Waals surface area (Å²) >= 11 is 5.82. The van der Waals surface area contributed by atoms with Crippen molar-refractivity contribution in [2.24, 2.45) is 0 Å². The number of halogens is 1. The van der Waals surface area contributed by atoms with Gasteiger partial charge in [0.2, 0.25) is 10.0 Å². The van der Waals surface area contributed by atoms with Crippen molar-refractivity contribution >= 4 is 27.5 Å². The molecule has 7 heteroatoms. The van der Waals surface area contributed by atoms with Gasteiger partial charge in [0, 0.05) is 29.7 Å². The fourth-order valence-corrected chi connectivity index (χ4v) is 3.64. The van der Waals surface area contributed by atoms with Crippen LogP contribution in [0.25, 0.3) is 0 Å². The molecule has 0 aromatic heterocycles. The summed E-state index contributed by atoms with van der Waals surface area (Å²) in [7, 11) is -2.09. The summed E-state index contributed by atoms with van der Waals surface area (Å²) in [6, 6.07) is 13.0. The second kappa shape index (κ2) is 8.42. The van der Waals surface area contributed by atoms with Crippen LogP contribution in [0.5, 0.6) is 0 Å². The van der Waals surface area contributed by atoms with Gasteiger partial charge in [-0.1, -0.05) is 30.7 Å². The second-order valence-electron chi connectivity index (χ2n) is 7.10. The summed E-state index contributed by atoms with van der Waals surface area (Å²) < 4.78 is 26.5. The van der Waals surface area contributed by atoms with Crippen LogP contribution in [-0.2, 0) is 16.6 Å². The molecule has 0 aliphatic rings. The number of amides is 1. The number of sulfonamides is 1. The van der Waals surface area contributed by atoms with E-state index in [0.29, 0.717) is 10.6 Å². The lowest BCUT2D eigenvalue weighted by molar-refractivity contribution is 0.0911. The van der Waals surface area contributed by atoms with Crippen molar-refractivity contribution in [3.63, 3.8) is 0 Å². The molecule has 0 saturated carbocycles. The third kappa shape index (κ3) is 5.54. The summed E-state index contributed by atoms with van der Waals surface area (Å²) in [6.07, 6.45) is 0.824. The zero-order chi connectivity index (χ0) is 20.2. The molecule has 0 fully saturated rings. The van der Waals surface area contributed by atoms with Gasteiger partial charge in [-0.3, -0.25) is 4.79 Å². The maximum Gasteiger partial charge on any atom is 0.251 e. The van der Waals surface area contributed by atoms with E-state index in [4.69, 9.17) is 11.6 Å². The standard InChI is InChI=1S/C20H25ClN2O3S/c1-5-20(2,3)22-19(24)16-8-6-15(7-9-16)14-23(4)27(25,26)18-12-10-17(21)11-13-18/h6-13H,5,14H2,1-4H3,(H,22,24). The Morgan fingerprint density at radius 3 is 2.15 bits per heavy atom. The van der Waals surface area contributed by atoms with Crippen LogP contribution < -0.4 is 5.32 Å². The first kappa shape index (κ1) is 21.4. The highest BCUT2D eigenvalue weighted by Gasteiger charge is 2.21. The molecule has 0 spiro atoms. The van der Waals surface area contributed by atoms with Crippen molar-refractivity contribution in [1.29, 1.82) is 0 Å². The number of nitrogens with one attached hydrogen (secondary N) is 1. The highest BCUT2D eigenvalue weighted by molar-refractivity contribution is 7.89. The van der Waals surface area contributed by atoms with E-state index in [9.17, 15) is 13.2 Å². The zero-order valence-corrected chi connectivity index (χ0v) is 17.6. The van der Waals surface area contributed by atoms with Crippen molar-refractivity contribution in [2.45, 2.75) is 44.2 Å². The van der Waals surface area contributed by atoms with E-state index in [2.05, 4.69) is 5.32 Å². The summed E-state index contributed by atoms with van der Waals surface area (Å²) in [6.45, 7) is 6.15. The number of benzene rings is 2. The molecular formula is C20H25ClN2O3S. The van der Waals surface area contributed by atoms with Crippen LogP contribution in [0.3, 0.4) is 0 Å². The third-order valence-corrected chi connectivity index (χ3v) is 6.55. The Labute approximate surface area is 166 Å². The molecule has 5 nitrogen and oxygen atoms in total. The molecule has 2 rings (SSSR count). The average molecular weight is 409 g/mol. The molecule has 0 aliphatic heterocycles. The molecule has 0 heterocycles. The molecular weight excluding hydrogens is 384 g/mol. The number of carbonyl (C=O) groups is 1. The second-order valence-corrected chi connectivity index (χ2v) is 9.58. The van der Waals surface area contributed by atoms with Crippen LogP contribution in [0.1, 0.15) is 43.1 Å². The van der Waals surface area contributed by atoms with Crippen LogP contribution in [0, 0.1) is 0 Å². The van der Waals surface area contributed by atoms with E-state index in [1.54, 1.807) is 36.4 Å². The van der Waals surface area contributed by atoms with Gasteiger partial charge in [0.25, 0.3) is 5.91 Å². The predicted molar refractivity (Wildman–Crippen MR) is 108 cm³/mol. The monoisotopic (exact) mass is 408 g/mol. The minimum Gasteiger partial charge on any atom is -0.347 e.